The van der Waals surface area contributed by atoms with Gasteiger partial charge in [0.25, 0.3) is 0 Å². The lowest BCUT2D eigenvalue weighted by Crippen LogP contribution is -2.51. The number of nitrogens with zero attached hydrogens (tertiary/aromatic N) is 1. The number of ether oxygens (including phenoxy) is 2. The number of aromatic hydroxyl groups is 1. The summed E-state index contributed by atoms with van der Waals surface area (Å²) in [6.07, 6.45) is 1.21. The van der Waals surface area contributed by atoms with Crippen molar-refractivity contribution in [1.82, 2.24) is 0 Å². The molecule has 4 atom stereocenters. The van der Waals surface area contributed by atoms with Crippen molar-refractivity contribution in [2.45, 2.75) is 57.3 Å². The standard InChI is InChI=1S/C28H36N2O5Si/c1-5-13-34-28(33)26-24-21-16-19(31)11-12-20(21)22(25(26)27(32)35-14-15-36(2,3)4)17-23(24)30-29-18-9-7-6-8-10-18/h6-12,16,22,24-26,29,31H,5,13-15,17H2,1-4H3. The van der Waals surface area contributed by atoms with Crippen LogP contribution in [0, 0.1) is 11.8 Å². The van der Waals surface area contributed by atoms with E-state index < -0.39 is 31.8 Å². The highest BCUT2D eigenvalue weighted by molar-refractivity contribution is 6.76. The molecule has 0 heterocycles. The molecule has 0 aliphatic heterocycles. The third-order valence-electron chi connectivity index (χ3n) is 6.96. The van der Waals surface area contributed by atoms with Gasteiger partial charge in [0.1, 0.15) is 5.75 Å². The Morgan fingerprint density at radius 2 is 1.69 bits per heavy atom. The maximum Gasteiger partial charge on any atom is 0.310 e. The molecule has 36 heavy (non-hydrogen) atoms. The number of fused-ring (bicyclic) bond motifs is 2. The SMILES string of the molecule is CCCOC(=O)C1C2C(=NNc3ccccc3)CC(c3ccc(O)cc32)C1C(=O)OCC[Si](C)(C)C. The number of hydrogen-bond donors (Lipinski definition) is 2. The van der Waals surface area contributed by atoms with Gasteiger partial charge in [0.2, 0.25) is 0 Å². The molecule has 0 aromatic heterocycles. The quantitative estimate of drug-likeness (QED) is 0.263. The van der Waals surface area contributed by atoms with E-state index in [-0.39, 0.29) is 24.2 Å². The Morgan fingerprint density at radius 1 is 1.00 bits per heavy atom. The number of rotatable bonds is 9. The third-order valence-corrected chi connectivity index (χ3v) is 8.67. The number of para-hydroxylation sites is 1. The lowest BCUT2D eigenvalue weighted by Gasteiger charge is -2.47. The van der Waals surface area contributed by atoms with Gasteiger partial charge in [0, 0.05) is 25.6 Å². The van der Waals surface area contributed by atoms with E-state index in [1.54, 1.807) is 12.1 Å². The van der Waals surface area contributed by atoms with E-state index in [1.807, 2.05) is 43.3 Å². The van der Waals surface area contributed by atoms with Gasteiger partial charge in [0.15, 0.2) is 0 Å². The summed E-state index contributed by atoms with van der Waals surface area (Å²) in [6, 6.07) is 15.6. The number of carbonyl (C=O) groups is 2. The zero-order valence-electron chi connectivity index (χ0n) is 21.5. The second-order valence-electron chi connectivity index (χ2n) is 10.9. The minimum atomic E-state index is -1.39. The minimum Gasteiger partial charge on any atom is -0.508 e. The van der Waals surface area contributed by atoms with Gasteiger partial charge in [-0.15, -0.1) is 0 Å². The maximum absolute atomic E-state index is 13.5. The number of phenols is 1. The van der Waals surface area contributed by atoms with Gasteiger partial charge < -0.3 is 14.6 Å². The van der Waals surface area contributed by atoms with Gasteiger partial charge in [0.05, 0.1) is 30.7 Å². The topological polar surface area (TPSA) is 97.2 Å². The van der Waals surface area contributed by atoms with Crippen molar-refractivity contribution >= 4 is 31.4 Å². The van der Waals surface area contributed by atoms with E-state index in [9.17, 15) is 14.7 Å². The molecular weight excluding hydrogens is 472 g/mol. The average Bonchev–Trinajstić information content (AvgIpc) is 2.85. The zero-order valence-corrected chi connectivity index (χ0v) is 22.5. The largest absolute Gasteiger partial charge is 0.508 e. The molecule has 3 aliphatic rings. The molecule has 2 N–H and O–H groups in total. The van der Waals surface area contributed by atoms with Crippen LogP contribution >= 0.6 is 0 Å². The minimum absolute atomic E-state index is 0.117. The van der Waals surface area contributed by atoms with Crippen LogP contribution in [-0.4, -0.2) is 44.0 Å². The van der Waals surface area contributed by atoms with Crippen LogP contribution in [0.4, 0.5) is 5.69 Å². The van der Waals surface area contributed by atoms with Crippen molar-refractivity contribution in [3.63, 3.8) is 0 Å². The summed E-state index contributed by atoms with van der Waals surface area (Å²) in [5, 5.41) is 15.0. The van der Waals surface area contributed by atoms with E-state index >= 15 is 0 Å². The van der Waals surface area contributed by atoms with Crippen LogP contribution in [-0.2, 0) is 19.1 Å². The Morgan fingerprint density at radius 3 is 2.39 bits per heavy atom. The summed E-state index contributed by atoms with van der Waals surface area (Å²) in [7, 11) is -1.39. The van der Waals surface area contributed by atoms with Crippen molar-refractivity contribution in [2.24, 2.45) is 16.9 Å². The molecule has 0 amide bonds. The number of hydrogen-bond acceptors (Lipinski definition) is 7. The van der Waals surface area contributed by atoms with Crippen LogP contribution in [0.5, 0.6) is 5.75 Å². The van der Waals surface area contributed by atoms with Crippen LogP contribution in [0.25, 0.3) is 0 Å². The molecule has 4 unspecified atom stereocenters. The van der Waals surface area contributed by atoms with Crippen LogP contribution in [0.3, 0.4) is 0 Å². The molecule has 0 spiro atoms. The third kappa shape index (κ3) is 5.64. The lowest BCUT2D eigenvalue weighted by atomic mass is 9.55. The monoisotopic (exact) mass is 508 g/mol. The fraction of sp³-hybridized carbons (Fsp3) is 0.464. The van der Waals surface area contributed by atoms with E-state index in [4.69, 9.17) is 14.6 Å². The molecule has 1 saturated carbocycles. The molecule has 0 saturated heterocycles. The molecular formula is C28H36N2O5Si. The summed E-state index contributed by atoms with van der Waals surface area (Å²) in [6.45, 7) is 9.29. The molecule has 192 valence electrons. The predicted molar refractivity (Wildman–Crippen MR) is 143 cm³/mol. The molecule has 0 radical (unpaired) electrons. The molecule has 5 rings (SSSR count). The molecule has 2 aromatic rings. The number of anilines is 1. The highest BCUT2D eigenvalue weighted by Crippen LogP contribution is 2.55. The van der Waals surface area contributed by atoms with E-state index in [0.717, 1.165) is 28.6 Å². The summed E-state index contributed by atoms with van der Waals surface area (Å²) in [5.41, 5.74) is 6.49. The first-order valence-electron chi connectivity index (χ1n) is 12.7. The van der Waals surface area contributed by atoms with Gasteiger partial charge in [-0.1, -0.05) is 50.8 Å². The van der Waals surface area contributed by atoms with Gasteiger partial charge in [-0.3, -0.25) is 15.0 Å². The molecule has 2 aromatic carbocycles. The van der Waals surface area contributed by atoms with Crippen molar-refractivity contribution in [3.8, 4) is 5.75 Å². The van der Waals surface area contributed by atoms with Gasteiger partial charge >= 0.3 is 11.9 Å². The molecule has 1 fully saturated rings. The Balaban J connectivity index is 1.72. The summed E-state index contributed by atoms with van der Waals surface area (Å²) >= 11 is 0. The van der Waals surface area contributed by atoms with Crippen molar-refractivity contribution in [3.05, 3.63) is 59.7 Å². The van der Waals surface area contributed by atoms with Gasteiger partial charge in [-0.2, -0.15) is 5.10 Å². The first-order chi connectivity index (χ1) is 17.2. The highest BCUT2D eigenvalue weighted by atomic mass is 28.3. The Kier molecular flexibility index (Phi) is 7.83. The number of esters is 2. The van der Waals surface area contributed by atoms with Crippen LogP contribution in [0.1, 0.15) is 42.7 Å². The maximum atomic E-state index is 13.5. The summed E-state index contributed by atoms with van der Waals surface area (Å²) in [4.78, 5) is 27.0. The second-order valence-corrected chi connectivity index (χ2v) is 16.5. The van der Waals surface area contributed by atoms with Crippen LogP contribution in [0.15, 0.2) is 53.6 Å². The van der Waals surface area contributed by atoms with Gasteiger partial charge in [-0.25, -0.2) is 0 Å². The smallest absolute Gasteiger partial charge is 0.310 e. The van der Waals surface area contributed by atoms with Crippen molar-refractivity contribution < 1.29 is 24.2 Å². The Labute approximate surface area is 213 Å². The summed E-state index contributed by atoms with van der Waals surface area (Å²) < 4.78 is 11.4. The summed E-state index contributed by atoms with van der Waals surface area (Å²) in [5.74, 6) is -2.86. The van der Waals surface area contributed by atoms with E-state index in [2.05, 4.69) is 25.1 Å². The number of hydrazone groups is 1. The predicted octanol–water partition coefficient (Wildman–Crippen LogP) is 5.51. The lowest BCUT2D eigenvalue weighted by molar-refractivity contribution is -0.163. The van der Waals surface area contributed by atoms with Crippen LogP contribution in [0.2, 0.25) is 25.7 Å². The Bertz CT molecular complexity index is 1130. The first-order valence-corrected chi connectivity index (χ1v) is 16.4. The molecule has 3 aliphatic carbocycles. The van der Waals surface area contributed by atoms with Crippen molar-refractivity contribution in [2.75, 3.05) is 18.6 Å². The number of phenolic OH excluding ortho intramolecular Hbond substituents is 1. The van der Waals surface area contributed by atoms with E-state index in [0.29, 0.717) is 19.4 Å². The molecule has 8 heteroatoms. The van der Waals surface area contributed by atoms with E-state index in [1.165, 1.54) is 0 Å². The first kappa shape index (κ1) is 25.9. The average molecular weight is 509 g/mol. The fourth-order valence-electron chi connectivity index (χ4n) is 5.20. The normalized spacial score (nSPS) is 23.7. The van der Waals surface area contributed by atoms with Crippen LogP contribution < -0.4 is 5.43 Å². The zero-order chi connectivity index (χ0) is 25.9. The Hall–Kier alpha value is -3.13. The second kappa shape index (κ2) is 10.9. The fourth-order valence-corrected chi connectivity index (χ4v) is 5.91. The number of carbonyl (C=O) groups excluding carboxylic acids is 2. The number of benzene rings is 2. The number of nitrogens with one attached hydrogen (secondary N) is 1. The molecule has 2 bridgehead atoms. The van der Waals surface area contributed by atoms with Gasteiger partial charge in [-0.05, 0) is 54.3 Å². The van der Waals surface area contributed by atoms with Crippen molar-refractivity contribution in [1.29, 1.82) is 0 Å². The highest BCUT2D eigenvalue weighted by Gasteiger charge is 2.57. The molecule has 7 nitrogen and oxygen atoms in total.